The standard InChI is InChI=1S/C14H22N2O4S/c1-10-7-12(19-4)13(8-11(10)15)21(17,18)16-5-6-20-9-14(16,2)3/h7-8H,5-6,9,15H2,1-4H3. The molecule has 0 atom stereocenters. The van der Waals surface area contributed by atoms with Gasteiger partial charge < -0.3 is 15.2 Å². The van der Waals surface area contributed by atoms with E-state index >= 15 is 0 Å². The predicted octanol–water partition coefficient (Wildman–Crippen LogP) is 1.39. The van der Waals surface area contributed by atoms with Crippen LogP contribution >= 0.6 is 0 Å². The Bertz CT molecular complexity index is 641. The first-order valence-electron chi connectivity index (χ1n) is 6.75. The fourth-order valence-corrected chi connectivity index (χ4v) is 4.37. The number of morpholine rings is 1. The zero-order valence-electron chi connectivity index (χ0n) is 12.8. The first kappa shape index (κ1) is 16.1. The first-order valence-corrected chi connectivity index (χ1v) is 8.19. The van der Waals surface area contributed by atoms with Crippen molar-refractivity contribution in [3.8, 4) is 5.75 Å². The van der Waals surface area contributed by atoms with E-state index < -0.39 is 15.6 Å². The third-order valence-corrected chi connectivity index (χ3v) is 5.82. The molecular formula is C14H22N2O4S. The molecule has 0 aliphatic carbocycles. The minimum atomic E-state index is -3.70. The van der Waals surface area contributed by atoms with E-state index in [0.717, 1.165) is 5.56 Å². The molecule has 1 aromatic carbocycles. The van der Waals surface area contributed by atoms with Gasteiger partial charge in [-0.2, -0.15) is 4.31 Å². The molecule has 1 aliphatic rings. The summed E-state index contributed by atoms with van der Waals surface area (Å²) in [5, 5.41) is 0. The molecule has 1 aliphatic heterocycles. The number of hydrogen-bond donors (Lipinski definition) is 1. The molecule has 1 saturated heterocycles. The van der Waals surface area contributed by atoms with Crippen LogP contribution in [0.1, 0.15) is 19.4 Å². The van der Waals surface area contributed by atoms with Gasteiger partial charge >= 0.3 is 0 Å². The van der Waals surface area contributed by atoms with Crippen molar-refractivity contribution >= 4 is 15.7 Å². The normalized spacial score (nSPS) is 19.4. The van der Waals surface area contributed by atoms with Gasteiger partial charge in [-0.05, 0) is 38.5 Å². The zero-order valence-corrected chi connectivity index (χ0v) is 13.7. The monoisotopic (exact) mass is 314 g/mol. The van der Waals surface area contributed by atoms with Crippen LogP contribution in [0.5, 0.6) is 5.75 Å². The van der Waals surface area contributed by atoms with Crippen LogP contribution in [-0.2, 0) is 14.8 Å². The number of methoxy groups -OCH3 is 1. The molecule has 0 amide bonds. The SMILES string of the molecule is COc1cc(C)c(N)cc1S(=O)(=O)N1CCOCC1(C)C. The Balaban J connectivity index is 2.56. The largest absolute Gasteiger partial charge is 0.495 e. The van der Waals surface area contributed by atoms with Gasteiger partial charge in [0, 0.05) is 12.2 Å². The van der Waals surface area contributed by atoms with Crippen molar-refractivity contribution in [2.75, 3.05) is 32.6 Å². The summed E-state index contributed by atoms with van der Waals surface area (Å²) in [6.45, 7) is 6.54. The number of nitrogens with zero attached hydrogens (tertiary/aromatic N) is 1. The maximum absolute atomic E-state index is 13.0. The van der Waals surface area contributed by atoms with Crippen LogP contribution in [0.25, 0.3) is 0 Å². The van der Waals surface area contributed by atoms with Gasteiger partial charge in [-0.1, -0.05) is 0 Å². The fourth-order valence-electron chi connectivity index (χ4n) is 2.45. The quantitative estimate of drug-likeness (QED) is 0.853. The molecule has 6 nitrogen and oxygen atoms in total. The summed E-state index contributed by atoms with van der Waals surface area (Å²) in [5.41, 5.74) is 6.48. The van der Waals surface area contributed by atoms with Crippen LogP contribution in [0, 0.1) is 6.92 Å². The molecule has 0 unspecified atom stereocenters. The molecule has 0 bridgehead atoms. The molecule has 118 valence electrons. The van der Waals surface area contributed by atoms with Crippen LogP contribution in [0.15, 0.2) is 17.0 Å². The van der Waals surface area contributed by atoms with E-state index in [9.17, 15) is 8.42 Å². The summed E-state index contributed by atoms with van der Waals surface area (Å²) in [4.78, 5) is 0.100. The minimum absolute atomic E-state index is 0.100. The van der Waals surface area contributed by atoms with Gasteiger partial charge in [0.15, 0.2) is 0 Å². The van der Waals surface area contributed by atoms with Crippen molar-refractivity contribution in [3.63, 3.8) is 0 Å². The highest BCUT2D eigenvalue weighted by Crippen LogP contribution is 2.34. The van der Waals surface area contributed by atoms with E-state index in [2.05, 4.69) is 0 Å². The van der Waals surface area contributed by atoms with Gasteiger partial charge in [0.05, 0.1) is 25.9 Å². The van der Waals surface area contributed by atoms with Crippen molar-refractivity contribution in [2.24, 2.45) is 0 Å². The number of nitrogen functional groups attached to an aromatic ring is 1. The molecule has 0 spiro atoms. The molecule has 7 heteroatoms. The molecular weight excluding hydrogens is 292 g/mol. The second-order valence-corrected chi connectivity index (χ2v) is 7.63. The molecule has 1 heterocycles. The van der Waals surface area contributed by atoms with E-state index in [1.165, 1.54) is 17.5 Å². The van der Waals surface area contributed by atoms with Crippen molar-refractivity contribution < 1.29 is 17.9 Å². The number of anilines is 1. The number of rotatable bonds is 3. The maximum Gasteiger partial charge on any atom is 0.247 e. The lowest BCUT2D eigenvalue weighted by Gasteiger charge is -2.40. The average Bonchev–Trinajstić information content (AvgIpc) is 2.40. The van der Waals surface area contributed by atoms with E-state index in [-0.39, 0.29) is 4.90 Å². The van der Waals surface area contributed by atoms with Crippen LogP contribution in [0.3, 0.4) is 0 Å². The number of nitrogens with two attached hydrogens (primary N) is 1. The smallest absolute Gasteiger partial charge is 0.247 e. The summed E-state index contributed by atoms with van der Waals surface area (Å²) in [7, 11) is -2.25. The topological polar surface area (TPSA) is 81.9 Å². The molecule has 21 heavy (non-hydrogen) atoms. The molecule has 0 saturated carbocycles. The Morgan fingerprint density at radius 3 is 2.62 bits per heavy atom. The van der Waals surface area contributed by atoms with Crippen LogP contribution in [-0.4, -0.2) is 45.1 Å². The lowest BCUT2D eigenvalue weighted by Crippen LogP contribution is -2.55. The number of hydrogen-bond acceptors (Lipinski definition) is 5. The summed E-state index contributed by atoms with van der Waals surface area (Å²) in [6.07, 6.45) is 0. The number of aryl methyl sites for hydroxylation is 1. The van der Waals surface area contributed by atoms with Crippen molar-refractivity contribution in [1.29, 1.82) is 0 Å². The van der Waals surface area contributed by atoms with Gasteiger partial charge in [0.25, 0.3) is 0 Å². The number of ether oxygens (including phenoxy) is 2. The van der Waals surface area contributed by atoms with Gasteiger partial charge in [-0.15, -0.1) is 0 Å². The summed E-state index contributed by atoms with van der Waals surface area (Å²) >= 11 is 0. The molecule has 1 fully saturated rings. The minimum Gasteiger partial charge on any atom is -0.495 e. The number of sulfonamides is 1. The van der Waals surface area contributed by atoms with Gasteiger partial charge in [-0.25, -0.2) is 8.42 Å². The number of benzene rings is 1. The Labute approximate surface area is 125 Å². The molecule has 0 aromatic heterocycles. The second kappa shape index (κ2) is 5.47. The third kappa shape index (κ3) is 2.86. The lowest BCUT2D eigenvalue weighted by atomic mass is 10.1. The van der Waals surface area contributed by atoms with Crippen LogP contribution in [0.4, 0.5) is 5.69 Å². The second-order valence-electron chi connectivity index (χ2n) is 5.80. The summed E-state index contributed by atoms with van der Waals surface area (Å²) in [6, 6.07) is 3.12. The lowest BCUT2D eigenvalue weighted by molar-refractivity contribution is -0.00775. The van der Waals surface area contributed by atoms with Gasteiger partial charge in [0.2, 0.25) is 10.0 Å². The highest BCUT2D eigenvalue weighted by atomic mass is 32.2. The van der Waals surface area contributed by atoms with E-state index in [0.29, 0.717) is 31.2 Å². The van der Waals surface area contributed by atoms with Gasteiger partial charge in [0.1, 0.15) is 10.6 Å². The Kier molecular flexibility index (Phi) is 4.19. The fraction of sp³-hybridized carbons (Fsp3) is 0.571. The summed E-state index contributed by atoms with van der Waals surface area (Å²) < 4.78 is 38.0. The third-order valence-electron chi connectivity index (χ3n) is 3.69. The van der Waals surface area contributed by atoms with Crippen LogP contribution < -0.4 is 10.5 Å². The Hall–Kier alpha value is -1.31. The van der Waals surface area contributed by atoms with E-state index in [4.69, 9.17) is 15.2 Å². The van der Waals surface area contributed by atoms with Crippen molar-refractivity contribution in [3.05, 3.63) is 17.7 Å². The van der Waals surface area contributed by atoms with Crippen molar-refractivity contribution in [1.82, 2.24) is 4.31 Å². The zero-order chi connectivity index (χ0) is 15.8. The highest BCUT2D eigenvalue weighted by molar-refractivity contribution is 7.89. The Morgan fingerprint density at radius 1 is 1.38 bits per heavy atom. The molecule has 0 radical (unpaired) electrons. The molecule has 2 rings (SSSR count). The maximum atomic E-state index is 13.0. The predicted molar refractivity (Wildman–Crippen MR) is 80.9 cm³/mol. The molecule has 1 aromatic rings. The Morgan fingerprint density at radius 2 is 2.05 bits per heavy atom. The average molecular weight is 314 g/mol. The van der Waals surface area contributed by atoms with E-state index in [1.807, 2.05) is 20.8 Å². The van der Waals surface area contributed by atoms with Crippen molar-refractivity contribution in [2.45, 2.75) is 31.2 Å². The highest BCUT2D eigenvalue weighted by Gasteiger charge is 2.41. The van der Waals surface area contributed by atoms with E-state index in [1.54, 1.807) is 6.07 Å². The molecule has 2 N–H and O–H groups in total. The van der Waals surface area contributed by atoms with Gasteiger partial charge in [-0.3, -0.25) is 0 Å². The summed E-state index contributed by atoms with van der Waals surface area (Å²) in [5.74, 6) is 0.309. The van der Waals surface area contributed by atoms with Crippen LogP contribution in [0.2, 0.25) is 0 Å². The first-order chi connectivity index (χ1) is 9.70.